The molecule has 3 heterocycles. The third-order valence-corrected chi connectivity index (χ3v) is 3.70. The van der Waals surface area contributed by atoms with Crippen LogP contribution in [0.15, 0.2) is 30.9 Å². The Bertz CT molecular complexity index is 786. The maximum absolute atomic E-state index is 6.17. The Morgan fingerprint density at radius 3 is 3.05 bits per heavy atom. The minimum absolute atomic E-state index is 0.509. The number of nitrogens with zero attached hydrogens (tertiary/aromatic N) is 5. The van der Waals surface area contributed by atoms with Crippen LogP contribution in [0.2, 0.25) is 5.15 Å². The van der Waals surface area contributed by atoms with Crippen molar-refractivity contribution in [3.05, 3.63) is 47.3 Å². The van der Waals surface area contributed by atoms with Crippen molar-refractivity contribution in [2.45, 2.75) is 13.5 Å². The largest absolute Gasteiger partial charge is 0.299 e. The van der Waals surface area contributed by atoms with Crippen molar-refractivity contribution in [1.29, 1.82) is 0 Å². The van der Waals surface area contributed by atoms with Gasteiger partial charge in [0.05, 0.1) is 17.9 Å². The Labute approximate surface area is 114 Å². The summed E-state index contributed by atoms with van der Waals surface area (Å²) in [7, 11) is 0. The minimum atomic E-state index is 0.509. The number of rotatable bonds is 0. The first-order valence-electron chi connectivity index (χ1n) is 5.95. The lowest BCUT2D eigenvalue weighted by Gasteiger charge is -2.08. The number of aryl methyl sites for hydroxylation is 1. The minimum Gasteiger partial charge on any atom is -0.299 e. The first kappa shape index (κ1) is 10.8. The van der Waals surface area contributed by atoms with Crippen LogP contribution in [-0.2, 0) is 6.54 Å². The third-order valence-electron chi connectivity index (χ3n) is 3.38. The van der Waals surface area contributed by atoms with Gasteiger partial charge in [-0.05, 0) is 19.1 Å². The second-order valence-electron chi connectivity index (χ2n) is 4.61. The summed E-state index contributed by atoms with van der Waals surface area (Å²) in [5.41, 5.74) is 4.19. The van der Waals surface area contributed by atoms with Crippen molar-refractivity contribution in [2.75, 3.05) is 0 Å². The van der Waals surface area contributed by atoms with Crippen LogP contribution in [0.25, 0.3) is 17.1 Å². The molecule has 0 saturated carbocycles. The molecule has 0 atom stereocenters. The Morgan fingerprint density at radius 2 is 2.16 bits per heavy atom. The highest BCUT2D eigenvalue weighted by molar-refractivity contribution is 6.30. The van der Waals surface area contributed by atoms with Crippen molar-refractivity contribution in [3.8, 4) is 17.1 Å². The molecule has 6 heteroatoms. The number of halogens is 1. The monoisotopic (exact) mass is 271 g/mol. The molecule has 0 amide bonds. The van der Waals surface area contributed by atoms with Gasteiger partial charge in [-0.25, -0.2) is 14.6 Å². The van der Waals surface area contributed by atoms with Crippen molar-refractivity contribution in [2.24, 2.45) is 0 Å². The number of hydrogen-bond acceptors (Lipinski definition) is 3. The highest BCUT2D eigenvalue weighted by atomic mass is 35.5. The molecule has 0 aliphatic carbocycles. The van der Waals surface area contributed by atoms with E-state index in [0.29, 0.717) is 11.7 Å². The van der Waals surface area contributed by atoms with E-state index in [1.54, 1.807) is 12.7 Å². The predicted molar refractivity (Wildman–Crippen MR) is 71.4 cm³/mol. The van der Waals surface area contributed by atoms with E-state index in [1.807, 2.05) is 9.25 Å². The second kappa shape index (κ2) is 3.68. The van der Waals surface area contributed by atoms with E-state index < -0.39 is 0 Å². The zero-order valence-corrected chi connectivity index (χ0v) is 11.0. The molecule has 1 aliphatic rings. The Balaban J connectivity index is 2.13. The van der Waals surface area contributed by atoms with Crippen LogP contribution in [-0.4, -0.2) is 24.3 Å². The zero-order chi connectivity index (χ0) is 13.0. The molecule has 1 aromatic carbocycles. The average molecular weight is 272 g/mol. The summed E-state index contributed by atoms with van der Waals surface area (Å²) in [4.78, 5) is 8.55. The normalized spacial score (nSPS) is 12.5. The van der Waals surface area contributed by atoms with Crippen molar-refractivity contribution in [1.82, 2.24) is 24.3 Å². The second-order valence-corrected chi connectivity index (χ2v) is 4.97. The van der Waals surface area contributed by atoms with E-state index in [9.17, 15) is 0 Å². The van der Waals surface area contributed by atoms with E-state index >= 15 is 0 Å². The molecule has 4 rings (SSSR count). The fourth-order valence-corrected chi connectivity index (χ4v) is 2.66. The quantitative estimate of drug-likeness (QED) is 0.494. The summed E-state index contributed by atoms with van der Waals surface area (Å²) >= 11 is 6.17. The van der Waals surface area contributed by atoms with E-state index in [4.69, 9.17) is 11.6 Å². The maximum atomic E-state index is 6.17. The Morgan fingerprint density at radius 1 is 1.26 bits per heavy atom. The van der Waals surface area contributed by atoms with Gasteiger partial charge in [-0.15, -0.1) is 0 Å². The molecule has 0 N–H and O–H groups in total. The zero-order valence-electron chi connectivity index (χ0n) is 10.2. The number of fused-ring (bicyclic) bond motifs is 5. The summed E-state index contributed by atoms with van der Waals surface area (Å²) in [6.07, 6.45) is 3.32. The summed E-state index contributed by atoms with van der Waals surface area (Å²) in [5, 5.41) is 4.78. The predicted octanol–water partition coefficient (Wildman–Crippen LogP) is 2.45. The average Bonchev–Trinajstić information content (AvgIpc) is 2.96. The van der Waals surface area contributed by atoms with Crippen LogP contribution >= 0.6 is 11.6 Å². The van der Waals surface area contributed by atoms with Gasteiger partial charge < -0.3 is 0 Å². The van der Waals surface area contributed by atoms with E-state index in [0.717, 1.165) is 22.8 Å². The molecule has 0 radical (unpaired) electrons. The van der Waals surface area contributed by atoms with Crippen molar-refractivity contribution in [3.63, 3.8) is 0 Å². The van der Waals surface area contributed by atoms with Crippen LogP contribution < -0.4 is 0 Å². The molecule has 2 aromatic heterocycles. The molecule has 0 saturated heterocycles. The van der Waals surface area contributed by atoms with Gasteiger partial charge in [0, 0.05) is 5.56 Å². The Kier molecular flexibility index (Phi) is 2.08. The molecule has 1 aliphatic heterocycles. The van der Waals surface area contributed by atoms with Gasteiger partial charge in [0.1, 0.15) is 12.7 Å². The smallest absolute Gasteiger partial charge is 0.160 e. The van der Waals surface area contributed by atoms with Gasteiger partial charge in [0.25, 0.3) is 0 Å². The molecular formula is C13H10ClN5. The van der Waals surface area contributed by atoms with Gasteiger partial charge in [-0.3, -0.25) is 4.57 Å². The number of imidazole rings is 1. The van der Waals surface area contributed by atoms with Gasteiger partial charge in [-0.1, -0.05) is 23.2 Å². The lowest BCUT2D eigenvalue weighted by Crippen LogP contribution is -2.04. The molecule has 0 fully saturated rings. The van der Waals surface area contributed by atoms with E-state index in [-0.39, 0.29) is 0 Å². The molecule has 3 aromatic rings. The van der Waals surface area contributed by atoms with Crippen LogP contribution in [0, 0.1) is 6.92 Å². The Hall–Kier alpha value is -2.14. The topological polar surface area (TPSA) is 48.5 Å². The van der Waals surface area contributed by atoms with Gasteiger partial charge >= 0.3 is 0 Å². The van der Waals surface area contributed by atoms with Crippen molar-refractivity contribution >= 4 is 11.6 Å². The van der Waals surface area contributed by atoms with Crippen LogP contribution in [0.4, 0.5) is 0 Å². The van der Waals surface area contributed by atoms with E-state index in [2.05, 4.69) is 40.2 Å². The first-order valence-corrected chi connectivity index (χ1v) is 6.33. The molecule has 0 spiro atoms. The fraction of sp³-hybridized carbons (Fsp3) is 0.154. The summed E-state index contributed by atoms with van der Waals surface area (Å²) in [6, 6.07) is 6.25. The standard InChI is InChI=1S/C13H10ClN5/c1-8-2-3-10-9(4-8)13-15-6-17-19(13)5-11-12(14)16-7-18(10)11/h2-4,6-7H,5H2,1H3. The van der Waals surface area contributed by atoms with Crippen LogP contribution in [0.3, 0.4) is 0 Å². The maximum Gasteiger partial charge on any atom is 0.160 e. The first-order chi connectivity index (χ1) is 9.24. The summed E-state index contributed by atoms with van der Waals surface area (Å²) < 4.78 is 3.86. The van der Waals surface area contributed by atoms with Gasteiger partial charge in [0.15, 0.2) is 11.0 Å². The van der Waals surface area contributed by atoms with Crippen molar-refractivity contribution < 1.29 is 0 Å². The molecular weight excluding hydrogens is 262 g/mol. The number of benzene rings is 1. The fourth-order valence-electron chi connectivity index (χ4n) is 2.47. The summed E-state index contributed by atoms with van der Waals surface area (Å²) in [5.74, 6) is 0.860. The molecule has 0 unspecified atom stereocenters. The van der Waals surface area contributed by atoms with Gasteiger partial charge in [0.2, 0.25) is 0 Å². The number of aromatic nitrogens is 5. The van der Waals surface area contributed by atoms with Gasteiger partial charge in [-0.2, -0.15) is 5.10 Å². The van der Waals surface area contributed by atoms with Crippen LogP contribution in [0.1, 0.15) is 11.3 Å². The molecule has 19 heavy (non-hydrogen) atoms. The summed E-state index contributed by atoms with van der Waals surface area (Å²) in [6.45, 7) is 2.63. The highest BCUT2D eigenvalue weighted by Crippen LogP contribution is 2.32. The number of hydrogen-bond donors (Lipinski definition) is 0. The SMILES string of the molecule is Cc1ccc2c(c1)-c1ncnn1Cc1c(Cl)ncn1-2. The third kappa shape index (κ3) is 1.45. The molecule has 0 bridgehead atoms. The van der Waals surface area contributed by atoms with E-state index in [1.165, 1.54) is 5.56 Å². The van der Waals surface area contributed by atoms with Crippen LogP contribution in [0.5, 0.6) is 0 Å². The lowest BCUT2D eigenvalue weighted by atomic mass is 10.1. The molecule has 94 valence electrons. The highest BCUT2D eigenvalue weighted by Gasteiger charge is 2.22. The lowest BCUT2D eigenvalue weighted by molar-refractivity contribution is 0.677. The molecule has 5 nitrogen and oxygen atoms in total.